The number of hydrogen-bond donors (Lipinski definition) is 0. The van der Waals surface area contributed by atoms with E-state index in [0.29, 0.717) is 0 Å². The third-order valence-corrected chi connectivity index (χ3v) is 3.34. The second kappa shape index (κ2) is 3.84. The topological polar surface area (TPSA) is 17.1 Å². The summed E-state index contributed by atoms with van der Waals surface area (Å²) < 4.78 is 0. The van der Waals surface area contributed by atoms with Crippen LogP contribution in [0.5, 0.6) is 0 Å². The molecule has 0 aromatic heterocycles. The largest absolute Gasteiger partial charge is 0.294 e. The van der Waals surface area contributed by atoms with Crippen molar-refractivity contribution in [3.8, 4) is 0 Å². The number of benzene rings is 1. The van der Waals surface area contributed by atoms with E-state index in [-0.39, 0.29) is 5.78 Å². The lowest BCUT2D eigenvalue weighted by Gasteiger charge is -2.23. The SMILES string of the molecule is [B]C1(C(=O)c2ccccc2C)CCCC1. The van der Waals surface area contributed by atoms with E-state index >= 15 is 0 Å². The van der Waals surface area contributed by atoms with Crippen LogP contribution in [0, 0.1) is 6.92 Å². The second-order valence-corrected chi connectivity index (χ2v) is 4.51. The smallest absolute Gasteiger partial charge is 0.160 e. The molecule has 1 aromatic rings. The van der Waals surface area contributed by atoms with Gasteiger partial charge in [0.1, 0.15) is 0 Å². The predicted octanol–water partition coefficient (Wildman–Crippen LogP) is 3.08. The van der Waals surface area contributed by atoms with Gasteiger partial charge in [-0.25, -0.2) is 0 Å². The van der Waals surface area contributed by atoms with Gasteiger partial charge in [-0.3, -0.25) is 4.79 Å². The fourth-order valence-electron chi connectivity index (χ4n) is 2.33. The van der Waals surface area contributed by atoms with E-state index in [9.17, 15) is 4.79 Å². The molecule has 2 rings (SSSR count). The van der Waals surface area contributed by atoms with Crippen molar-refractivity contribution in [3.05, 3.63) is 35.4 Å². The average molecular weight is 198 g/mol. The minimum absolute atomic E-state index is 0.123. The Morgan fingerprint density at radius 2 is 1.87 bits per heavy atom. The molecule has 15 heavy (non-hydrogen) atoms. The summed E-state index contributed by atoms with van der Waals surface area (Å²) in [5.74, 6) is 0.123. The number of Topliss-reactive ketones (excluding diaryl/α,β-unsaturated/α-hetero) is 1. The van der Waals surface area contributed by atoms with Gasteiger partial charge in [0.15, 0.2) is 5.78 Å². The Labute approximate surface area is 92.3 Å². The van der Waals surface area contributed by atoms with Crippen molar-refractivity contribution >= 4 is 13.6 Å². The molecule has 1 fully saturated rings. The van der Waals surface area contributed by atoms with Gasteiger partial charge in [0, 0.05) is 5.56 Å². The van der Waals surface area contributed by atoms with E-state index in [0.717, 1.165) is 36.8 Å². The molecule has 0 amide bonds. The average Bonchev–Trinajstić information content (AvgIpc) is 2.66. The fourth-order valence-corrected chi connectivity index (χ4v) is 2.33. The first kappa shape index (κ1) is 10.5. The highest BCUT2D eigenvalue weighted by molar-refractivity contribution is 6.32. The molecular formula is C13H15BO. The molecule has 0 bridgehead atoms. The third-order valence-electron chi connectivity index (χ3n) is 3.34. The molecule has 0 unspecified atom stereocenters. The molecule has 0 aliphatic heterocycles. The zero-order chi connectivity index (χ0) is 10.9. The van der Waals surface area contributed by atoms with E-state index in [4.69, 9.17) is 7.85 Å². The molecule has 0 heterocycles. The van der Waals surface area contributed by atoms with Crippen LogP contribution in [-0.2, 0) is 0 Å². The maximum Gasteiger partial charge on any atom is 0.160 e. The Bertz CT molecular complexity index is 378. The highest BCUT2D eigenvalue weighted by atomic mass is 16.1. The van der Waals surface area contributed by atoms with Gasteiger partial charge in [0.2, 0.25) is 0 Å². The Kier molecular flexibility index (Phi) is 2.68. The van der Waals surface area contributed by atoms with E-state index in [1.165, 1.54) is 0 Å². The molecule has 1 aliphatic rings. The molecular weight excluding hydrogens is 183 g/mol. The Morgan fingerprint density at radius 1 is 1.27 bits per heavy atom. The Morgan fingerprint density at radius 3 is 2.47 bits per heavy atom. The van der Waals surface area contributed by atoms with Crippen LogP contribution in [0.2, 0.25) is 5.31 Å². The summed E-state index contributed by atoms with van der Waals surface area (Å²) >= 11 is 0. The molecule has 1 aliphatic carbocycles. The molecule has 2 radical (unpaired) electrons. The highest BCUT2D eigenvalue weighted by Crippen LogP contribution is 2.44. The third kappa shape index (κ3) is 1.85. The minimum Gasteiger partial charge on any atom is -0.294 e. The monoisotopic (exact) mass is 198 g/mol. The fraction of sp³-hybridized carbons (Fsp3) is 0.462. The van der Waals surface area contributed by atoms with Crippen molar-refractivity contribution in [2.24, 2.45) is 0 Å². The van der Waals surface area contributed by atoms with Crippen molar-refractivity contribution < 1.29 is 4.79 Å². The van der Waals surface area contributed by atoms with E-state index in [1.54, 1.807) is 0 Å². The van der Waals surface area contributed by atoms with Crippen LogP contribution < -0.4 is 0 Å². The number of ketones is 1. The maximum absolute atomic E-state index is 12.3. The van der Waals surface area contributed by atoms with Crippen LogP contribution in [0.1, 0.15) is 41.6 Å². The lowest BCUT2D eigenvalue weighted by atomic mass is 9.63. The van der Waals surface area contributed by atoms with Gasteiger partial charge in [-0.15, -0.1) is 0 Å². The van der Waals surface area contributed by atoms with Crippen LogP contribution in [0.3, 0.4) is 0 Å². The second-order valence-electron chi connectivity index (χ2n) is 4.51. The first-order chi connectivity index (χ1) is 7.13. The Hall–Kier alpha value is -1.05. The Balaban J connectivity index is 2.32. The van der Waals surface area contributed by atoms with Crippen molar-refractivity contribution in [2.45, 2.75) is 37.9 Å². The van der Waals surface area contributed by atoms with Gasteiger partial charge < -0.3 is 0 Å². The molecule has 1 aromatic carbocycles. The summed E-state index contributed by atoms with van der Waals surface area (Å²) in [4.78, 5) is 12.3. The van der Waals surface area contributed by atoms with Gasteiger partial charge >= 0.3 is 0 Å². The number of aryl methyl sites for hydroxylation is 1. The van der Waals surface area contributed by atoms with Crippen molar-refractivity contribution in [3.63, 3.8) is 0 Å². The van der Waals surface area contributed by atoms with Gasteiger partial charge in [-0.05, 0) is 30.6 Å². The normalized spacial score (nSPS) is 19.0. The van der Waals surface area contributed by atoms with Crippen molar-refractivity contribution in [2.75, 3.05) is 0 Å². The summed E-state index contributed by atoms with van der Waals surface area (Å²) in [5.41, 5.74) is 1.82. The zero-order valence-electron chi connectivity index (χ0n) is 9.12. The van der Waals surface area contributed by atoms with Crippen LogP contribution in [0.25, 0.3) is 0 Å². The van der Waals surface area contributed by atoms with E-state index < -0.39 is 5.31 Å². The number of carbonyl (C=O) groups is 1. The van der Waals surface area contributed by atoms with Crippen LogP contribution in [-0.4, -0.2) is 13.6 Å². The summed E-state index contributed by atoms with van der Waals surface area (Å²) in [6.07, 6.45) is 3.82. The molecule has 0 N–H and O–H groups in total. The lowest BCUT2D eigenvalue weighted by molar-refractivity contribution is 0.0934. The summed E-state index contributed by atoms with van der Waals surface area (Å²) in [7, 11) is 6.15. The summed E-state index contributed by atoms with van der Waals surface area (Å²) in [6.45, 7) is 1.96. The quantitative estimate of drug-likeness (QED) is 0.527. The molecule has 1 saturated carbocycles. The van der Waals surface area contributed by atoms with Crippen molar-refractivity contribution in [1.29, 1.82) is 0 Å². The van der Waals surface area contributed by atoms with Crippen LogP contribution in [0.15, 0.2) is 24.3 Å². The summed E-state index contributed by atoms with van der Waals surface area (Å²) in [6, 6.07) is 7.69. The van der Waals surface area contributed by atoms with Crippen molar-refractivity contribution in [1.82, 2.24) is 0 Å². The minimum atomic E-state index is -0.591. The van der Waals surface area contributed by atoms with Gasteiger partial charge in [-0.2, -0.15) is 0 Å². The maximum atomic E-state index is 12.3. The first-order valence-corrected chi connectivity index (χ1v) is 5.53. The molecule has 0 saturated heterocycles. The van der Waals surface area contributed by atoms with Crippen LogP contribution in [0.4, 0.5) is 0 Å². The number of hydrogen-bond acceptors (Lipinski definition) is 1. The van der Waals surface area contributed by atoms with Gasteiger partial charge in [0.05, 0.1) is 7.85 Å². The predicted molar refractivity (Wildman–Crippen MR) is 62.4 cm³/mol. The number of carbonyl (C=O) groups excluding carboxylic acids is 1. The number of rotatable bonds is 2. The molecule has 2 heteroatoms. The molecule has 1 nitrogen and oxygen atoms in total. The summed E-state index contributed by atoms with van der Waals surface area (Å²) in [5, 5.41) is -0.591. The molecule has 0 spiro atoms. The van der Waals surface area contributed by atoms with Crippen LogP contribution >= 0.6 is 0 Å². The molecule has 76 valence electrons. The van der Waals surface area contributed by atoms with E-state index in [2.05, 4.69) is 0 Å². The lowest BCUT2D eigenvalue weighted by Crippen LogP contribution is -2.21. The van der Waals surface area contributed by atoms with E-state index in [1.807, 2.05) is 31.2 Å². The zero-order valence-corrected chi connectivity index (χ0v) is 9.12. The van der Waals surface area contributed by atoms with Gasteiger partial charge in [-0.1, -0.05) is 37.1 Å². The first-order valence-electron chi connectivity index (χ1n) is 5.53. The standard InChI is InChI=1S/C13H15BO/c1-10-6-2-3-7-11(10)12(15)13(14)8-4-5-9-13/h2-3,6-7H,4-5,8-9H2,1H3. The highest BCUT2D eigenvalue weighted by Gasteiger charge is 2.36. The van der Waals surface area contributed by atoms with Gasteiger partial charge in [0.25, 0.3) is 0 Å². The molecule has 0 atom stereocenters.